The molecular weight excluding hydrogens is 169 g/mol. The predicted molar refractivity (Wildman–Crippen MR) is 47.6 cm³/mol. The molecule has 1 aliphatic rings. The van der Waals surface area contributed by atoms with E-state index in [0.29, 0.717) is 12.2 Å². The summed E-state index contributed by atoms with van der Waals surface area (Å²) in [7, 11) is 0. The van der Waals surface area contributed by atoms with Crippen LogP contribution in [0, 0.1) is 5.82 Å². The molecule has 0 aromatic heterocycles. The van der Waals surface area contributed by atoms with Gasteiger partial charge in [-0.25, -0.2) is 4.39 Å². The molecule has 13 heavy (non-hydrogen) atoms. The van der Waals surface area contributed by atoms with Crippen molar-refractivity contribution >= 4 is 0 Å². The summed E-state index contributed by atoms with van der Waals surface area (Å²) in [5.74, 6) is -0.222. The Morgan fingerprint density at radius 2 is 2.31 bits per heavy atom. The van der Waals surface area contributed by atoms with Crippen LogP contribution in [-0.4, -0.2) is 6.10 Å². The molecule has 2 atom stereocenters. The number of ether oxygens (including phenoxy) is 1. The third-order valence-corrected chi connectivity index (χ3v) is 2.48. The van der Waals surface area contributed by atoms with Crippen LogP contribution in [0.4, 0.5) is 4.39 Å². The van der Waals surface area contributed by atoms with E-state index in [4.69, 9.17) is 10.5 Å². The number of fused-ring (bicyclic) bond motifs is 1. The Bertz CT molecular complexity index is 327. The third-order valence-electron chi connectivity index (χ3n) is 2.48. The van der Waals surface area contributed by atoms with Crippen LogP contribution in [0.15, 0.2) is 18.2 Å². The van der Waals surface area contributed by atoms with Crippen molar-refractivity contribution in [3.8, 4) is 0 Å². The van der Waals surface area contributed by atoms with Gasteiger partial charge in [0.1, 0.15) is 5.82 Å². The first-order valence-electron chi connectivity index (χ1n) is 4.34. The fourth-order valence-corrected chi connectivity index (χ4v) is 1.64. The van der Waals surface area contributed by atoms with Crippen molar-refractivity contribution in [2.45, 2.75) is 25.7 Å². The lowest BCUT2D eigenvalue weighted by molar-refractivity contribution is 0.0199. The summed E-state index contributed by atoms with van der Waals surface area (Å²) >= 11 is 0. The highest BCUT2D eigenvalue weighted by atomic mass is 19.1. The SMILES string of the molecule is C[C@@H]1OCc2cccc(F)c2[C@@H]1N. The number of rotatable bonds is 0. The molecule has 0 aliphatic carbocycles. The van der Waals surface area contributed by atoms with E-state index in [9.17, 15) is 4.39 Å². The van der Waals surface area contributed by atoms with Crippen molar-refractivity contribution in [3.05, 3.63) is 35.1 Å². The van der Waals surface area contributed by atoms with Crippen molar-refractivity contribution in [2.24, 2.45) is 5.73 Å². The molecule has 1 heterocycles. The fraction of sp³-hybridized carbons (Fsp3) is 0.400. The Morgan fingerprint density at radius 1 is 1.54 bits per heavy atom. The molecule has 2 rings (SSSR count). The van der Waals surface area contributed by atoms with Crippen LogP contribution in [0.3, 0.4) is 0 Å². The topological polar surface area (TPSA) is 35.2 Å². The Labute approximate surface area is 76.5 Å². The average Bonchev–Trinajstić information content (AvgIpc) is 2.12. The minimum absolute atomic E-state index is 0.107. The number of hydrogen-bond acceptors (Lipinski definition) is 2. The minimum atomic E-state index is -0.343. The summed E-state index contributed by atoms with van der Waals surface area (Å²) < 4.78 is 18.7. The maximum absolute atomic E-state index is 13.4. The highest BCUT2D eigenvalue weighted by Crippen LogP contribution is 2.29. The molecule has 0 bridgehead atoms. The maximum atomic E-state index is 13.4. The van der Waals surface area contributed by atoms with E-state index in [0.717, 1.165) is 5.56 Å². The zero-order chi connectivity index (χ0) is 9.42. The molecule has 1 aromatic carbocycles. The average molecular weight is 181 g/mol. The van der Waals surface area contributed by atoms with Gasteiger partial charge in [-0.15, -0.1) is 0 Å². The van der Waals surface area contributed by atoms with Crippen LogP contribution in [0.25, 0.3) is 0 Å². The number of halogens is 1. The van der Waals surface area contributed by atoms with Crippen LogP contribution >= 0.6 is 0 Å². The van der Waals surface area contributed by atoms with E-state index in [1.165, 1.54) is 6.07 Å². The normalized spacial score (nSPS) is 27.0. The second kappa shape index (κ2) is 3.09. The highest BCUT2D eigenvalue weighted by molar-refractivity contribution is 5.33. The van der Waals surface area contributed by atoms with E-state index in [1.807, 2.05) is 13.0 Å². The predicted octanol–water partition coefficient (Wildman–Crippen LogP) is 1.74. The second-order valence-corrected chi connectivity index (χ2v) is 3.35. The van der Waals surface area contributed by atoms with Gasteiger partial charge in [0.05, 0.1) is 18.8 Å². The molecule has 2 N–H and O–H groups in total. The largest absolute Gasteiger partial charge is 0.372 e. The molecular formula is C10H12FNO. The zero-order valence-electron chi connectivity index (χ0n) is 7.46. The van der Waals surface area contributed by atoms with Crippen molar-refractivity contribution in [1.29, 1.82) is 0 Å². The van der Waals surface area contributed by atoms with Gasteiger partial charge in [0.25, 0.3) is 0 Å². The van der Waals surface area contributed by atoms with Gasteiger partial charge in [-0.2, -0.15) is 0 Å². The van der Waals surface area contributed by atoms with E-state index < -0.39 is 0 Å². The van der Waals surface area contributed by atoms with Crippen molar-refractivity contribution in [1.82, 2.24) is 0 Å². The first-order valence-corrected chi connectivity index (χ1v) is 4.34. The van der Waals surface area contributed by atoms with Gasteiger partial charge < -0.3 is 10.5 Å². The summed E-state index contributed by atoms with van der Waals surface area (Å²) in [5.41, 5.74) is 7.30. The van der Waals surface area contributed by atoms with Gasteiger partial charge in [0.2, 0.25) is 0 Å². The van der Waals surface area contributed by atoms with Crippen molar-refractivity contribution in [3.63, 3.8) is 0 Å². The van der Waals surface area contributed by atoms with Gasteiger partial charge >= 0.3 is 0 Å². The Kier molecular flexibility index (Phi) is 2.06. The quantitative estimate of drug-likeness (QED) is 0.661. The number of benzene rings is 1. The molecule has 1 aliphatic heterocycles. The van der Waals surface area contributed by atoms with Crippen LogP contribution in [0.2, 0.25) is 0 Å². The fourth-order valence-electron chi connectivity index (χ4n) is 1.64. The van der Waals surface area contributed by atoms with Crippen LogP contribution in [0.5, 0.6) is 0 Å². The smallest absolute Gasteiger partial charge is 0.128 e. The molecule has 0 fully saturated rings. The maximum Gasteiger partial charge on any atom is 0.128 e. The molecule has 1 aromatic rings. The van der Waals surface area contributed by atoms with E-state index in [2.05, 4.69) is 0 Å². The zero-order valence-corrected chi connectivity index (χ0v) is 7.46. The first-order chi connectivity index (χ1) is 6.20. The molecule has 0 radical (unpaired) electrons. The van der Waals surface area contributed by atoms with Gasteiger partial charge in [-0.05, 0) is 18.6 Å². The van der Waals surface area contributed by atoms with E-state index in [-0.39, 0.29) is 18.0 Å². The Hall–Kier alpha value is -0.930. The second-order valence-electron chi connectivity index (χ2n) is 3.35. The lowest BCUT2D eigenvalue weighted by Gasteiger charge is -2.28. The minimum Gasteiger partial charge on any atom is -0.372 e. The van der Waals surface area contributed by atoms with Crippen LogP contribution < -0.4 is 5.73 Å². The van der Waals surface area contributed by atoms with E-state index >= 15 is 0 Å². The van der Waals surface area contributed by atoms with Gasteiger partial charge in [0.15, 0.2) is 0 Å². The molecule has 0 amide bonds. The molecule has 70 valence electrons. The summed E-state index contributed by atoms with van der Waals surface area (Å²) in [6.07, 6.45) is -0.107. The van der Waals surface area contributed by atoms with Crippen LogP contribution in [0.1, 0.15) is 24.1 Å². The molecule has 0 unspecified atom stereocenters. The molecule has 3 heteroatoms. The monoisotopic (exact) mass is 181 g/mol. The standard InChI is InChI=1S/C10H12FNO/c1-6-10(12)9-7(5-13-6)3-2-4-8(9)11/h2-4,6,10H,5,12H2,1H3/t6-,10+/m0/s1. The van der Waals surface area contributed by atoms with E-state index in [1.54, 1.807) is 6.07 Å². The Morgan fingerprint density at radius 3 is 3.08 bits per heavy atom. The summed E-state index contributed by atoms with van der Waals surface area (Å²) in [4.78, 5) is 0. The number of hydrogen-bond donors (Lipinski definition) is 1. The summed E-state index contributed by atoms with van der Waals surface area (Å²) in [6.45, 7) is 2.32. The van der Waals surface area contributed by atoms with Crippen molar-refractivity contribution in [2.75, 3.05) is 0 Å². The molecule has 0 saturated carbocycles. The number of nitrogens with two attached hydrogens (primary N) is 1. The lowest BCUT2D eigenvalue weighted by atomic mass is 9.95. The Balaban J connectivity index is 2.51. The van der Waals surface area contributed by atoms with Crippen LogP contribution in [-0.2, 0) is 11.3 Å². The van der Waals surface area contributed by atoms with Gasteiger partial charge in [-0.3, -0.25) is 0 Å². The third kappa shape index (κ3) is 1.34. The van der Waals surface area contributed by atoms with Crippen molar-refractivity contribution < 1.29 is 9.13 Å². The lowest BCUT2D eigenvalue weighted by Crippen LogP contribution is -2.32. The first kappa shape index (κ1) is 8.66. The van der Waals surface area contributed by atoms with Gasteiger partial charge in [-0.1, -0.05) is 12.1 Å². The summed E-state index contributed by atoms with van der Waals surface area (Å²) in [5, 5.41) is 0. The molecule has 2 nitrogen and oxygen atoms in total. The highest BCUT2D eigenvalue weighted by Gasteiger charge is 2.26. The molecule has 0 saturated heterocycles. The van der Waals surface area contributed by atoms with Gasteiger partial charge in [0, 0.05) is 5.56 Å². The summed E-state index contributed by atoms with van der Waals surface area (Å²) in [6, 6.07) is 4.63. The molecule has 0 spiro atoms.